The quantitative estimate of drug-likeness (QED) is 0.597. The van der Waals surface area contributed by atoms with Gasteiger partial charge in [-0.3, -0.25) is 0 Å². The molecule has 2 unspecified atom stereocenters. The summed E-state index contributed by atoms with van der Waals surface area (Å²) in [7, 11) is 0. The Bertz CT molecular complexity index is 108. The average molecular weight is 144 g/mol. The summed E-state index contributed by atoms with van der Waals surface area (Å²) in [4.78, 5) is 0. The van der Waals surface area contributed by atoms with E-state index in [1.165, 1.54) is 0 Å². The lowest BCUT2D eigenvalue weighted by Gasteiger charge is -2.51. The van der Waals surface area contributed by atoms with Crippen LogP contribution in [0.4, 0.5) is 0 Å². The first-order chi connectivity index (χ1) is 4.62. The fourth-order valence-corrected chi connectivity index (χ4v) is 1.74. The molecule has 1 saturated carbocycles. The molecule has 10 heavy (non-hydrogen) atoms. The van der Waals surface area contributed by atoms with Gasteiger partial charge in [-0.05, 0) is 23.7 Å². The van der Waals surface area contributed by atoms with Gasteiger partial charge in [0.15, 0.2) is 0 Å². The van der Waals surface area contributed by atoms with Crippen molar-refractivity contribution >= 4 is 0 Å². The first-order valence-electron chi connectivity index (χ1n) is 3.84. The van der Waals surface area contributed by atoms with Crippen LogP contribution in [-0.2, 0) is 0 Å². The summed E-state index contributed by atoms with van der Waals surface area (Å²) in [6.45, 7) is 4.75. The zero-order valence-corrected chi connectivity index (χ0v) is 6.67. The van der Waals surface area contributed by atoms with E-state index in [1.807, 2.05) is 0 Å². The Morgan fingerprint density at radius 1 is 1.20 bits per heavy atom. The van der Waals surface area contributed by atoms with Crippen molar-refractivity contribution < 1.29 is 10.2 Å². The van der Waals surface area contributed by atoms with Crippen LogP contribution in [0.5, 0.6) is 0 Å². The van der Waals surface area contributed by atoms with Gasteiger partial charge in [0.2, 0.25) is 0 Å². The minimum atomic E-state index is 0.156. The third-order valence-electron chi connectivity index (χ3n) is 3.11. The van der Waals surface area contributed by atoms with Crippen molar-refractivity contribution in [3.63, 3.8) is 0 Å². The third-order valence-corrected chi connectivity index (χ3v) is 3.11. The monoisotopic (exact) mass is 144 g/mol. The van der Waals surface area contributed by atoms with Gasteiger partial charge in [-0.15, -0.1) is 0 Å². The molecule has 0 aromatic rings. The highest BCUT2D eigenvalue weighted by molar-refractivity contribution is 4.95. The van der Waals surface area contributed by atoms with Crippen LogP contribution in [0, 0.1) is 17.3 Å². The molecular weight excluding hydrogens is 128 g/mol. The second-order valence-corrected chi connectivity index (χ2v) is 3.82. The zero-order chi connectivity index (χ0) is 7.78. The van der Waals surface area contributed by atoms with E-state index in [4.69, 9.17) is 10.2 Å². The molecule has 1 aliphatic rings. The maximum atomic E-state index is 8.85. The van der Waals surface area contributed by atoms with E-state index in [-0.39, 0.29) is 18.6 Å². The molecule has 0 saturated heterocycles. The van der Waals surface area contributed by atoms with Gasteiger partial charge in [-0.2, -0.15) is 0 Å². The zero-order valence-electron chi connectivity index (χ0n) is 6.67. The smallest absolute Gasteiger partial charge is 0.0464 e. The number of rotatable bonds is 2. The first kappa shape index (κ1) is 8.02. The maximum Gasteiger partial charge on any atom is 0.0464 e. The minimum absolute atomic E-state index is 0.156. The van der Waals surface area contributed by atoms with Crippen LogP contribution in [0.15, 0.2) is 0 Å². The molecule has 1 aliphatic carbocycles. The Balaban J connectivity index is 2.47. The van der Waals surface area contributed by atoms with Gasteiger partial charge in [-0.1, -0.05) is 13.8 Å². The van der Waals surface area contributed by atoms with Gasteiger partial charge in [0.1, 0.15) is 0 Å². The molecule has 0 amide bonds. The molecule has 1 rings (SSSR count). The molecule has 0 aliphatic heterocycles. The van der Waals surface area contributed by atoms with Crippen LogP contribution in [0.1, 0.15) is 20.3 Å². The lowest BCUT2D eigenvalue weighted by molar-refractivity contribution is -0.0753. The van der Waals surface area contributed by atoms with E-state index in [0.29, 0.717) is 11.8 Å². The average Bonchev–Trinajstić information content (AvgIpc) is 1.88. The standard InChI is InChI=1S/C8H16O2/c1-8(2)6(4-9)3-7(8)5-10/h6-7,9-10H,3-5H2,1-2H3. The fraction of sp³-hybridized carbons (Fsp3) is 1.00. The van der Waals surface area contributed by atoms with Crippen molar-refractivity contribution in [1.82, 2.24) is 0 Å². The predicted octanol–water partition coefficient (Wildman–Crippen LogP) is 0.633. The summed E-state index contributed by atoms with van der Waals surface area (Å²) >= 11 is 0. The topological polar surface area (TPSA) is 40.5 Å². The summed E-state index contributed by atoms with van der Waals surface area (Å²) in [6.07, 6.45) is 0.986. The molecule has 0 aromatic carbocycles. The van der Waals surface area contributed by atoms with Crippen LogP contribution in [0.3, 0.4) is 0 Å². The van der Waals surface area contributed by atoms with E-state index >= 15 is 0 Å². The molecule has 0 spiro atoms. The maximum absolute atomic E-state index is 8.85. The Labute approximate surface area is 61.9 Å². The number of aliphatic hydroxyl groups excluding tert-OH is 2. The second-order valence-electron chi connectivity index (χ2n) is 3.82. The number of hydrogen-bond donors (Lipinski definition) is 2. The highest BCUT2D eigenvalue weighted by Gasteiger charge is 2.46. The highest BCUT2D eigenvalue weighted by Crippen LogP contribution is 2.50. The molecule has 60 valence electrons. The number of hydrogen-bond acceptors (Lipinski definition) is 2. The SMILES string of the molecule is CC1(C)C(CO)CC1CO. The predicted molar refractivity (Wildman–Crippen MR) is 39.5 cm³/mol. The van der Waals surface area contributed by atoms with Crippen LogP contribution in [0.2, 0.25) is 0 Å². The molecule has 2 N–H and O–H groups in total. The molecule has 0 bridgehead atoms. The first-order valence-corrected chi connectivity index (χ1v) is 3.84. The van der Waals surface area contributed by atoms with E-state index in [0.717, 1.165) is 6.42 Å². The largest absolute Gasteiger partial charge is 0.396 e. The van der Waals surface area contributed by atoms with Crippen molar-refractivity contribution in [3.8, 4) is 0 Å². The third kappa shape index (κ3) is 0.956. The Morgan fingerprint density at radius 2 is 1.60 bits per heavy atom. The van der Waals surface area contributed by atoms with Gasteiger partial charge in [0.25, 0.3) is 0 Å². The Hall–Kier alpha value is -0.0800. The van der Waals surface area contributed by atoms with Crippen molar-refractivity contribution in [3.05, 3.63) is 0 Å². The molecule has 0 aromatic heterocycles. The fourth-order valence-electron chi connectivity index (χ4n) is 1.74. The molecule has 1 fully saturated rings. The van der Waals surface area contributed by atoms with Gasteiger partial charge in [-0.25, -0.2) is 0 Å². The normalized spacial score (nSPS) is 37.2. The van der Waals surface area contributed by atoms with Crippen LogP contribution in [0.25, 0.3) is 0 Å². The summed E-state index contributed by atoms with van der Waals surface area (Å²) in [5, 5.41) is 17.7. The van der Waals surface area contributed by atoms with Crippen LogP contribution < -0.4 is 0 Å². The van der Waals surface area contributed by atoms with Crippen molar-refractivity contribution in [2.24, 2.45) is 17.3 Å². The molecular formula is C8H16O2. The Kier molecular flexibility index (Phi) is 2.02. The van der Waals surface area contributed by atoms with E-state index in [1.54, 1.807) is 0 Å². The van der Waals surface area contributed by atoms with Crippen LogP contribution in [-0.4, -0.2) is 23.4 Å². The van der Waals surface area contributed by atoms with Gasteiger partial charge >= 0.3 is 0 Å². The lowest BCUT2D eigenvalue weighted by atomic mass is 9.55. The van der Waals surface area contributed by atoms with Gasteiger partial charge in [0.05, 0.1) is 0 Å². The van der Waals surface area contributed by atoms with Crippen molar-refractivity contribution in [2.75, 3.05) is 13.2 Å². The highest BCUT2D eigenvalue weighted by atomic mass is 16.3. The van der Waals surface area contributed by atoms with E-state index < -0.39 is 0 Å². The lowest BCUT2D eigenvalue weighted by Crippen LogP contribution is -2.48. The van der Waals surface area contributed by atoms with Gasteiger partial charge < -0.3 is 10.2 Å². The Morgan fingerprint density at radius 3 is 1.80 bits per heavy atom. The van der Waals surface area contributed by atoms with Crippen molar-refractivity contribution in [2.45, 2.75) is 20.3 Å². The van der Waals surface area contributed by atoms with E-state index in [2.05, 4.69) is 13.8 Å². The van der Waals surface area contributed by atoms with Crippen LogP contribution >= 0.6 is 0 Å². The van der Waals surface area contributed by atoms with Crippen molar-refractivity contribution in [1.29, 1.82) is 0 Å². The van der Waals surface area contributed by atoms with Gasteiger partial charge in [0, 0.05) is 13.2 Å². The molecule has 2 atom stereocenters. The van der Waals surface area contributed by atoms with E-state index in [9.17, 15) is 0 Å². The molecule has 2 heteroatoms. The molecule has 2 nitrogen and oxygen atoms in total. The number of aliphatic hydroxyl groups is 2. The summed E-state index contributed by atoms with van der Waals surface area (Å²) < 4.78 is 0. The minimum Gasteiger partial charge on any atom is -0.396 e. The second kappa shape index (κ2) is 2.51. The summed E-state index contributed by atoms with van der Waals surface area (Å²) in [6, 6.07) is 0. The molecule has 0 radical (unpaired) electrons. The summed E-state index contributed by atoms with van der Waals surface area (Å²) in [5.41, 5.74) is 0.156. The summed E-state index contributed by atoms with van der Waals surface area (Å²) in [5.74, 6) is 0.814. The molecule has 0 heterocycles.